The second-order valence-corrected chi connectivity index (χ2v) is 6.87. The Hall–Kier alpha value is -3.93. The molecule has 30 heavy (non-hydrogen) atoms. The van der Waals surface area contributed by atoms with Gasteiger partial charge in [-0.15, -0.1) is 0 Å². The van der Waals surface area contributed by atoms with Crippen molar-refractivity contribution in [3.05, 3.63) is 104 Å². The first-order valence-electron chi connectivity index (χ1n) is 9.57. The fraction of sp³-hybridized carbons (Fsp3) is 0.125. The highest BCUT2D eigenvalue weighted by atomic mass is 16.6. The van der Waals surface area contributed by atoms with Crippen LogP contribution in [0.15, 0.2) is 82.2 Å². The van der Waals surface area contributed by atoms with E-state index >= 15 is 0 Å². The molecule has 0 saturated heterocycles. The van der Waals surface area contributed by atoms with Crippen molar-refractivity contribution in [2.24, 2.45) is 0 Å². The van der Waals surface area contributed by atoms with Gasteiger partial charge in [-0.2, -0.15) is 0 Å². The quantitative estimate of drug-likeness (QED) is 0.314. The number of aryl methyl sites for hydroxylation is 1. The van der Waals surface area contributed by atoms with E-state index in [4.69, 9.17) is 9.15 Å². The van der Waals surface area contributed by atoms with Crippen molar-refractivity contribution in [2.45, 2.75) is 20.0 Å². The highest BCUT2D eigenvalue weighted by Gasteiger charge is 2.14. The fourth-order valence-corrected chi connectivity index (χ4v) is 3.31. The highest BCUT2D eigenvalue weighted by molar-refractivity contribution is 5.83. The summed E-state index contributed by atoms with van der Waals surface area (Å²) in [4.78, 5) is 23.4. The van der Waals surface area contributed by atoms with Gasteiger partial charge < -0.3 is 9.15 Å². The maximum atomic E-state index is 13.1. The molecule has 0 radical (unpaired) electrons. The molecule has 1 heterocycles. The largest absolute Gasteiger partial charge is 0.488 e. The van der Waals surface area contributed by atoms with Crippen LogP contribution in [0.2, 0.25) is 0 Å². The van der Waals surface area contributed by atoms with E-state index in [-0.39, 0.29) is 11.1 Å². The van der Waals surface area contributed by atoms with E-state index in [1.54, 1.807) is 24.3 Å². The zero-order valence-corrected chi connectivity index (χ0v) is 16.3. The van der Waals surface area contributed by atoms with Gasteiger partial charge in [-0.05, 0) is 41.3 Å². The predicted octanol–water partition coefficient (Wildman–Crippen LogP) is 5.51. The van der Waals surface area contributed by atoms with Gasteiger partial charge >= 0.3 is 0 Å². The van der Waals surface area contributed by atoms with Crippen LogP contribution in [0.1, 0.15) is 18.1 Å². The van der Waals surface area contributed by atoms with Crippen LogP contribution in [0.25, 0.3) is 22.1 Å². The summed E-state index contributed by atoms with van der Waals surface area (Å²) in [6.07, 6.45) is 2.08. The number of non-ortho nitro benzene ring substituents is 1. The minimum atomic E-state index is -0.475. The van der Waals surface area contributed by atoms with Crippen LogP contribution in [0.5, 0.6) is 5.75 Å². The summed E-state index contributed by atoms with van der Waals surface area (Å²) < 4.78 is 11.7. The number of benzene rings is 3. The lowest BCUT2D eigenvalue weighted by Crippen LogP contribution is -2.06. The molecule has 0 unspecified atom stereocenters. The van der Waals surface area contributed by atoms with Crippen molar-refractivity contribution in [1.82, 2.24) is 0 Å². The molecule has 0 aliphatic heterocycles. The molecular formula is C24H19NO5. The number of hydrogen-bond donors (Lipinski definition) is 0. The Bertz CT molecular complexity index is 1260. The second-order valence-electron chi connectivity index (χ2n) is 6.87. The molecular weight excluding hydrogens is 382 g/mol. The second kappa shape index (κ2) is 8.21. The van der Waals surface area contributed by atoms with Gasteiger partial charge in [0.25, 0.3) is 5.69 Å². The number of hydrogen-bond acceptors (Lipinski definition) is 5. The number of ether oxygens (including phenoxy) is 1. The van der Waals surface area contributed by atoms with Crippen molar-refractivity contribution >= 4 is 16.7 Å². The Morgan fingerprint density at radius 3 is 2.43 bits per heavy atom. The standard InChI is InChI=1S/C24H19NO5/c1-2-17-12-20-23(13-22(17)29-14-16-6-4-3-5-7-16)30-15-21(24(20)26)18-8-10-19(11-9-18)25(27)28/h3-13,15H,2,14H2,1H3. The monoisotopic (exact) mass is 401 g/mol. The van der Waals surface area contributed by atoms with Crippen LogP contribution in [0.3, 0.4) is 0 Å². The number of nitro benzene ring substituents is 1. The molecule has 0 fully saturated rings. The minimum Gasteiger partial charge on any atom is -0.488 e. The van der Waals surface area contributed by atoms with Gasteiger partial charge in [0.15, 0.2) is 0 Å². The lowest BCUT2D eigenvalue weighted by Gasteiger charge is -2.12. The number of nitro groups is 1. The fourth-order valence-electron chi connectivity index (χ4n) is 3.31. The Kier molecular flexibility index (Phi) is 5.30. The first-order valence-corrected chi connectivity index (χ1v) is 9.57. The summed E-state index contributed by atoms with van der Waals surface area (Å²) in [5, 5.41) is 11.3. The topological polar surface area (TPSA) is 82.6 Å². The number of rotatable bonds is 6. The normalized spacial score (nSPS) is 10.8. The van der Waals surface area contributed by atoms with E-state index < -0.39 is 4.92 Å². The van der Waals surface area contributed by atoms with Gasteiger partial charge in [-0.3, -0.25) is 14.9 Å². The first kappa shape index (κ1) is 19.4. The van der Waals surface area contributed by atoms with Crippen LogP contribution >= 0.6 is 0 Å². The number of nitrogens with zero attached hydrogens (tertiary/aromatic N) is 1. The average molecular weight is 401 g/mol. The van der Waals surface area contributed by atoms with E-state index in [1.807, 2.05) is 37.3 Å². The maximum absolute atomic E-state index is 13.1. The van der Waals surface area contributed by atoms with Gasteiger partial charge in [-0.1, -0.05) is 37.3 Å². The molecule has 6 heteroatoms. The van der Waals surface area contributed by atoms with Crippen LogP contribution < -0.4 is 10.2 Å². The molecule has 150 valence electrons. The Morgan fingerprint density at radius 2 is 1.77 bits per heavy atom. The lowest BCUT2D eigenvalue weighted by atomic mass is 10.0. The van der Waals surface area contributed by atoms with Crippen LogP contribution in [0, 0.1) is 10.1 Å². The molecule has 0 N–H and O–H groups in total. The maximum Gasteiger partial charge on any atom is 0.269 e. The predicted molar refractivity (Wildman–Crippen MR) is 115 cm³/mol. The van der Waals surface area contributed by atoms with Crippen molar-refractivity contribution in [2.75, 3.05) is 0 Å². The van der Waals surface area contributed by atoms with Gasteiger partial charge in [-0.25, -0.2) is 0 Å². The Balaban J connectivity index is 1.71. The first-order chi connectivity index (χ1) is 14.6. The van der Waals surface area contributed by atoms with Crippen molar-refractivity contribution in [1.29, 1.82) is 0 Å². The SMILES string of the molecule is CCc1cc2c(=O)c(-c3ccc([N+](=O)[O-])cc3)coc2cc1OCc1ccccc1. The molecule has 0 bridgehead atoms. The molecule has 0 atom stereocenters. The molecule has 4 rings (SSSR count). The third kappa shape index (κ3) is 3.80. The van der Waals surface area contributed by atoms with Crippen molar-refractivity contribution in [3.8, 4) is 16.9 Å². The van der Waals surface area contributed by atoms with Crippen LogP contribution in [0.4, 0.5) is 5.69 Å². The molecule has 3 aromatic carbocycles. The van der Waals surface area contributed by atoms with Gasteiger partial charge in [0, 0.05) is 18.2 Å². The smallest absolute Gasteiger partial charge is 0.269 e. The van der Waals surface area contributed by atoms with Gasteiger partial charge in [0.05, 0.1) is 15.9 Å². The summed E-state index contributed by atoms with van der Waals surface area (Å²) in [5.41, 5.74) is 3.11. The molecule has 0 amide bonds. The Morgan fingerprint density at radius 1 is 1.03 bits per heavy atom. The van der Waals surface area contributed by atoms with E-state index in [1.165, 1.54) is 18.4 Å². The molecule has 6 nitrogen and oxygen atoms in total. The summed E-state index contributed by atoms with van der Waals surface area (Å²) in [6.45, 7) is 2.42. The van der Waals surface area contributed by atoms with E-state index in [0.717, 1.165) is 11.1 Å². The molecule has 0 saturated carbocycles. The highest BCUT2D eigenvalue weighted by Crippen LogP contribution is 2.28. The zero-order chi connectivity index (χ0) is 21.1. The summed E-state index contributed by atoms with van der Waals surface area (Å²) >= 11 is 0. The summed E-state index contributed by atoms with van der Waals surface area (Å²) in [7, 11) is 0. The molecule has 0 aliphatic carbocycles. The molecule has 4 aromatic rings. The summed E-state index contributed by atoms with van der Waals surface area (Å²) in [6, 6.07) is 19.2. The van der Waals surface area contributed by atoms with Gasteiger partial charge in [0.2, 0.25) is 5.43 Å². The van der Waals surface area contributed by atoms with Crippen molar-refractivity contribution < 1.29 is 14.1 Å². The molecule has 1 aromatic heterocycles. The van der Waals surface area contributed by atoms with Crippen LogP contribution in [-0.2, 0) is 13.0 Å². The van der Waals surface area contributed by atoms with E-state index in [9.17, 15) is 14.9 Å². The number of fused-ring (bicyclic) bond motifs is 1. The third-order valence-corrected chi connectivity index (χ3v) is 4.96. The molecule has 0 aliphatic rings. The lowest BCUT2D eigenvalue weighted by molar-refractivity contribution is -0.384. The minimum absolute atomic E-state index is 0.0302. The third-order valence-electron chi connectivity index (χ3n) is 4.96. The average Bonchev–Trinajstić information content (AvgIpc) is 2.78. The zero-order valence-electron chi connectivity index (χ0n) is 16.3. The van der Waals surface area contributed by atoms with E-state index in [2.05, 4.69) is 0 Å². The summed E-state index contributed by atoms with van der Waals surface area (Å²) in [5.74, 6) is 0.681. The van der Waals surface area contributed by atoms with Crippen LogP contribution in [-0.4, -0.2) is 4.92 Å². The Labute approximate surface area is 172 Å². The van der Waals surface area contributed by atoms with Gasteiger partial charge in [0.1, 0.15) is 24.2 Å². The van der Waals surface area contributed by atoms with E-state index in [0.29, 0.717) is 40.9 Å². The van der Waals surface area contributed by atoms with Crippen molar-refractivity contribution in [3.63, 3.8) is 0 Å². The molecule has 0 spiro atoms.